The predicted octanol–water partition coefficient (Wildman–Crippen LogP) is 4.39. The van der Waals surface area contributed by atoms with Crippen LogP contribution in [0, 0.1) is 6.92 Å². The number of aromatic amines is 1. The van der Waals surface area contributed by atoms with Crippen LogP contribution in [0.1, 0.15) is 21.8 Å². The van der Waals surface area contributed by atoms with Gasteiger partial charge >= 0.3 is 6.18 Å². The van der Waals surface area contributed by atoms with Crippen LogP contribution in [-0.2, 0) is 17.6 Å². The third-order valence-corrected chi connectivity index (χ3v) is 4.65. The first-order valence-electron chi connectivity index (χ1n) is 8.63. The van der Waals surface area contributed by atoms with Gasteiger partial charge in [0.15, 0.2) is 0 Å². The van der Waals surface area contributed by atoms with Crippen molar-refractivity contribution in [3.05, 3.63) is 80.2 Å². The molecule has 0 radical (unpaired) electrons. The van der Waals surface area contributed by atoms with E-state index in [1.807, 2.05) is 17.3 Å². The van der Waals surface area contributed by atoms with Crippen molar-refractivity contribution in [1.82, 2.24) is 9.97 Å². The Bertz CT molecular complexity index is 1140. The molecule has 0 aliphatic carbocycles. The molecule has 1 aromatic carbocycles. The van der Waals surface area contributed by atoms with Crippen molar-refractivity contribution >= 4 is 29.0 Å². The van der Waals surface area contributed by atoms with Gasteiger partial charge in [-0.05, 0) is 36.8 Å². The van der Waals surface area contributed by atoms with Crippen LogP contribution in [0.3, 0.4) is 0 Å². The monoisotopic (exact) mass is 435 g/mol. The van der Waals surface area contributed by atoms with Gasteiger partial charge in [-0.2, -0.15) is 13.2 Å². The first-order chi connectivity index (χ1) is 14.2. The second-order valence-electron chi connectivity index (χ2n) is 6.17. The van der Waals surface area contributed by atoms with E-state index < -0.39 is 28.9 Å². The van der Waals surface area contributed by atoms with Gasteiger partial charge in [-0.3, -0.25) is 9.59 Å². The highest BCUT2D eigenvalue weighted by atomic mass is 32.1. The minimum Gasteiger partial charge on any atom is -0.487 e. The van der Waals surface area contributed by atoms with Crippen LogP contribution in [0.2, 0.25) is 0 Å². The molecule has 0 spiro atoms. The molecule has 0 aliphatic rings. The van der Waals surface area contributed by atoms with E-state index in [1.165, 1.54) is 17.4 Å². The smallest absolute Gasteiger partial charge is 0.417 e. The summed E-state index contributed by atoms with van der Waals surface area (Å²) in [6.45, 7) is 2.20. The fourth-order valence-corrected chi connectivity index (χ4v) is 3.02. The molecule has 0 bridgehead atoms. The molecule has 2 aromatic heterocycles. The summed E-state index contributed by atoms with van der Waals surface area (Å²) in [6.07, 6.45) is -1.52. The van der Waals surface area contributed by atoms with Crippen LogP contribution < -0.4 is 15.6 Å². The molecule has 6 nitrogen and oxygen atoms in total. The third kappa shape index (κ3) is 5.80. The highest BCUT2D eigenvalue weighted by Crippen LogP contribution is 2.29. The number of carbonyl (C=O) groups excluding carboxylic acids is 1. The van der Waals surface area contributed by atoms with E-state index in [1.54, 1.807) is 24.3 Å². The fourth-order valence-electron chi connectivity index (χ4n) is 2.43. The molecule has 0 fully saturated rings. The molecule has 30 heavy (non-hydrogen) atoms. The van der Waals surface area contributed by atoms with Gasteiger partial charge in [-0.15, -0.1) is 11.3 Å². The molecule has 0 saturated carbocycles. The van der Waals surface area contributed by atoms with Gasteiger partial charge in [-0.25, -0.2) is 4.98 Å². The number of alkyl halides is 3. The number of anilines is 1. The number of H-pyrrole nitrogens is 1. The zero-order chi connectivity index (χ0) is 21.7. The van der Waals surface area contributed by atoms with Crippen molar-refractivity contribution in [3.63, 3.8) is 0 Å². The zero-order valence-corrected chi connectivity index (χ0v) is 16.4. The van der Waals surface area contributed by atoms with Gasteiger partial charge in [0.2, 0.25) is 5.91 Å². The summed E-state index contributed by atoms with van der Waals surface area (Å²) in [5.74, 6) is -0.179. The molecule has 2 heterocycles. The van der Waals surface area contributed by atoms with Crippen molar-refractivity contribution in [2.24, 2.45) is 0 Å². The number of rotatable bonds is 6. The lowest BCUT2D eigenvalue weighted by Crippen LogP contribution is -2.20. The van der Waals surface area contributed by atoms with Crippen molar-refractivity contribution in [3.8, 4) is 5.75 Å². The Labute approximate surface area is 173 Å². The maximum atomic E-state index is 12.8. The number of halogens is 3. The van der Waals surface area contributed by atoms with Crippen molar-refractivity contribution in [2.75, 3.05) is 5.32 Å². The molecule has 0 aliphatic heterocycles. The third-order valence-electron chi connectivity index (χ3n) is 3.83. The molecular formula is C20H16F3N3O3S. The Morgan fingerprint density at radius 3 is 2.83 bits per heavy atom. The van der Waals surface area contributed by atoms with Crippen molar-refractivity contribution in [1.29, 1.82) is 0 Å². The Morgan fingerprint density at radius 1 is 1.33 bits per heavy atom. The maximum Gasteiger partial charge on any atom is 0.417 e. The minimum absolute atomic E-state index is 0.302. The standard InChI is InChI=1S/C20H16F3N3O3S/c1-12-25-15(11-30-12)10-29-16-4-2-3-13(7-16)5-6-18(27)26-17-8-14(20(21,22)23)9-24-19(17)28/h2-9,11H,10H2,1H3,(H,24,28)(H,26,27)/b6-5+. The molecule has 3 aromatic rings. The Hall–Kier alpha value is -3.40. The number of amides is 1. The topological polar surface area (TPSA) is 84.1 Å². The second-order valence-corrected chi connectivity index (χ2v) is 7.23. The molecule has 0 unspecified atom stereocenters. The molecule has 3 rings (SSSR count). The number of ether oxygens (including phenoxy) is 1. The van der Waals surface area contributed by atoms with Crippen molar-refractivity contribution in [2.45, 2.75) is 19.7 Å². The number of thiazole rings is 1. The summed E-state index contributed by atoms with van der Waals surface area (Å²) >= 11 is 1.52. The molecule has 1 amide bonds. The number of aromatic nitrogens is 2. The number of hydrogen-bond acceptors (Lipinski definition) is 5. The van der Waals surface area contributed by atoms with Gasteiger partial charge in [-0.1, -0.05) is 12.1 Å². The number of aryl methyl sites for hydroxylation is 1. The highest BCUT2D eigenvalue weighted by Gasteiger charge is 2.31. The van der Waals surface area contributed by atoms with E-state index in [0.29, 0.717) is 30.2 Å². The second kappa shape index (κ2) is 8.95. The van der Waals surface area contributed by atoms with Crippen LogP contribution in [0.15, 0.2) is 52.8 Å². The van der Waals surface area contributed by atoms with Crippen LogP contribution in [0.25, 0.3) is 6.08 Å². The summed E-state index contributed by atoms with van der Waals surface area (Å²) in [4.78, 5) is 29.9. The van der Waals surface area contributed by atoms with Gasteiger partial charge in [0.1, 0.15) is 18.0 Å². The fraction of sp³-hybridized carbons (Fsp3) is 0.150. The molecule has 10 heteroatoms. The number of nitrogens with zero attached hydrogens (tertiary/aromatic N) is 1. The van der Waals surface area contributed by atoms with E-state index in [0.717, 1.165) is 16.8 Å². The summed E-state index contributed by atoms with van der Waals surface area (Å²) in [5.41, 5.74) is -0.951. The van der Waals surface area contributed by atoms with E-state index in [-0.39, 0.29) is 0 Å². The average Bonchev–Trinajstić information content (AvgIpc) is 3.11. The normalized spacial score (nSPS) is 11.6. The largest absolute Gasteiger partial charge is 0.487 e. The first-order valence-corrected chi connectivity index (χ1v) is 9.51. The summed E-state index contributed by atoms with van der Waals surface area (Å²) < 4.78 is 43.9. The van der Waals surface area contributed by atoms with Gasteiger partial charge < -0.3 is 15.0 Å². The van der Waals surface area contributed by atoms with E-state index in [4.69, 9.17) is 4.74 Å². The highest BCUT2D eigenvalue weighted by molar-refractivity contribution is 7.09. The molecular weight excluding hydrogens is 419 g/mol. The van der Waals surface area contributed by atoms with Crippen LogP contribution in [-0.4, -0.2) is 15.9 Å². The molecule has 0 atom stereocenters. The van der Waals surface area contributed by atoms with E-state index in [9.17, 15) is 22.8 Å². The summed E-state index contributed by atoms with van der Waals surface area (Å²) in [5, 5.41) is 4.99. The average molecular weight is 435 g/mol. The molecule has 0 saturated heterocycles. The Morgan fingerprint density at radius 2 is 2.13 bits per heavy atom. The number of hydrogen-bond donors (Lipinski definition) is 2. The van der Waals surface area contributed by atoms with Gasteiger partial charge in [0.25, 0.3) is 5.56 Å². The van der Waals surface area contributed by atoms with Crippen LogP contribution >= 0.6 is 11.3 Å². The van der Waals surface area contributed by atoms with Gasteiger partial charge in [0.05, 0.1) is 16.3 Å². The Balaban J connectivity index is 1.64. The van der Waals surface area contributed by atoms with E-state index >= 15 is 0 Å². The first kappa shape index (κ1) is 21.3. The Kier molecular flexibility index (Phi) is 6.36. The number of carbonyl (C=O) groups is 1. The van der Waals surface area contributed by atoms with Crippen LogP contribution in [0.5, 0.6) is 5.75 Å². The maximum absolute atomic E-state index is 12.8. The number of nitrogens with one attached hydrogen (secondary N) is 2. The quantitative estimate of drug-likeness (QED) is 0.563. The molecule has 156 valence electrons. The van der Waals surface area contributed by atoms with Crippen LogP contribution in [0.4, 0.5) is 18.9 Å². The number of benzene rings is 1. The predicted molar refractivity (Wildman–Crippen MR) is 107 cm³/mol. The van der Waals surface area contributed by atoms with Gasteiger partial charge in [0, 0.05) is 17.7 Å². The summed E-state index contributed by atoms with van der Waals surface area (Å²) in [7, 11) is 0. The lowest BCUT2D eigenvalue weighted by molar-refractivity contribution is -0.137. The lowest BCUT2D eigenvalue weighted by atomic mass is 10.2. The SMILES string of the molecule is Cc1nc(COc2cccc(/C=C/C(=O)Nc3cc(C(F)(F)F)c[nH]c3=O)c2)cs1. The zero-order valence-electron chi connectivity index (χ0n) is 15.6. The minimum atomic E-state index is -4.64. The summed E-state index contributed by atoms with van der Waals surface area (Å²) in [6, 6.07) is 7.48. The lowest BCUT2D eigenvalue weighted by Gasteiger charge is -2.08. The van der Waals surface area contributed by atoms with E-state index in [2.05, 4.69) is 10.3 Å². The molecule has 2 N–H and O–H groups in total. The number of pyridine rings is 1. The van der Waals surface area contributed by atoms with Crippen molar-refractivity contribution < 1.29 is 22.7 Å².